The Bertz CT molecular complexity index is 547. The van der Waals surface area contributed by atoms with E-state index in [-0.39, 0.29) is 12.4 Å². The molecule has 0 saturated carbocycles. The topological polar surface area (TPSA) is 38.7 Å². The molecule has 6 heteroatoms. The molecule has 0 aromatic heterocycles. The van der Waals surface area contributed by atoms with Gasteiger partial charge in [0.1, 0.15) is 17.2 Å². The zero-order valence-corrected chi connectivity index (χ0v) is 10.2. The van der Waals surface area contributed by atoms with Crippen LogP contribution in [0.15, 0.2) is 48.5 Å². The van der Waals surface area contributed by atoms with E-state index in [9.17, 15) is 13.2 Å². The van der Waals surface area contributed by atoms with Gasteiger partial charge in [-0.25, -0.2) is 0 Å². The molecule has 0 aliphatic rings. The summed E-state index contributed by atoms with van der Waals surface area (Å²) in [4.78, 5) is 0. The Balaban J connectivity index is 2.02. The van der Waals surface area contributed by atoms with Crippen molar-refractivity contribution in [1.29, 1.82) is 0 Å². The summed E-state index contributed by atoms with van der Waals surface area (Å²) in [6, 6.07) is 11.8. The molecule has 3 nitrogen and oxygen atoms in total. The molecule has 0 aliphatic heterocycles. The van der Waals surface area contributed by atoms with E-state index in [4.69, 9.17) is 9.84 Å². The van der Waals surface area contributed by atoms with E-state index in [0.29, 0.717) is 11.5 Å². The molecular formula is C14H11F3O3. The summed E-state index contributed by atoms with van der Waals surface area (Å²) in [7, 11) is 0. The fraction of sp³-hybridized carbons (Fsp3) is 0.143. The van der Waals surface area contributed by atoms with Gasteiger partial charge < -0.3 is 14.6 Å². The van der Waals surface area contributed by atoms with Crippen molar-refractivity contribution in [2.45, 2.75) is 13.0 Å². The molecule has 2 aromatic carbocycles. The minimum atomic E-state index is -4.71. The van der Waals surface area contributed by atoms with Gasteiger partial charge in [-0.3, -0.25) is 0 Å². The van der Waals surface area contributed by atoms with E-state index in [1.54, 1.807) is 24.3 Å². The average Bonchev–Trinajstić information content (AvgIpc) is 2.40. The van der Waals surface area contributed by atoms with Crippen LogP contribution in [-0.4, -0.2) is 11.5 Å². The smallest absolute Gasteiger partial charge is 0.457 e. The molecule has 0 fully saturated rings. The Morgan fingerprint density at radius 3 is 1.70 bits per heavy atom. The Morgan fingerprint density at radius 2 is 1.25 bits per heavy atom. The molecule has 0 atom stereocenters. The number of alkyl halides is 3. The van der Waals surface area contributed by atoms with Gasteiger partial charge in [0.05, 0.1) is 6.61 Å². The van der Waals surface area contributed by atoms with E-state index in [1.807, 2.05) is 0 Å². The van der Waals surface area contributed by atoms with Crippen molar-refractivity contribution in [3.8, 4) is 17.2 Å². The zero-order chi connectivity index (χ0) is 14.6. The van der Waals surface area contributed by atoms with Crippen LogP contribution < -0.4 is 9.47 Å². The molecule has 106 valence electrons. The van der Waals surface area contributed by atoms with Crippen LogP contribution >= 0.6 is 0 Å². The molecule has 0 spiro atoms. The number of hydrogen-bond donors (Lipinski definition) is 1. The molecule has 2 rings (SSSR count). The highest BCUT2D eigenvalue weighted by Crippen LogP contribution is 2.27. The monoisotopic (exact) mass is 284 g/mol. The predicted molar refractivity (Wildman–Crippen MR) is 65.6 cm³/mol. The summed E-state index contributed by atoms with van der Waals surface area (Å²) >= 11 is 0. The minimum Gasteiger partial charge on any atom is -0.457 e. The Kier molecular flexibility index (Phi) is 4.14. The standard InChI is InChI=1S/C14H11F3O3/c15-14(16,17)20-13-7-5-12(6-8-13)19-11-3-1-10(9-18)2-4-11/h1-8,18H,9H2. The summed E-state index contributed by atoms with van der Waals surface area (Å²) in [5.41, 5.74) is 0.742. The second-order valence-corrected chi connectivity index (χ2v) is 3.92. The van der Waals surface area contributed by atoms with Crippen molar-refractivity contribution in [3.05, 3.63) is 54.1 Å². The normalized spacial score (nSPS) is 11.2. The second kappa shape index (κ2) is 5.83. The summed E-state index contributed by atoms with van der Waals surface area (Å²) in [5, 5.41) is 8.90. The third-order valence-electron chi connectivity index (χ3n) is 2.40. The Labute approximate surface area is 113 Å². The van der Waals surface area contributed by atoms with Crippen LogP contribution in [-0.2, 0) is 6.61 Å². The summed E-state index contributed by atoms with van der Waals surface area (Å²) in [5.74, 6) is 0.600. The first-order chi connectivity index (χ1) is 9.46. The molecule has 0 heterocycles. The van der Waals surface area contributed by atoms with Gasteiger partial charge in [-0.1, -0.05) is 12.1 Å². The maximum atomic E-state index is 12.0. The zero-order valence-electron chi connectivity index (χ0n) is 10.2. The van der Waals surface area contributed by atoms with Crippen molar-refractivity contribution in [3.63, 3.8) is 0 Å². The Hall–Kier alpha value is -2.21. The van der Waals surface area contributed by atoms with Gasteiger partial charge in [-0.2, -0.15) is 0 Å². The maximum absolute atomic E-state index is 12.0. The van der Waals surface area contributed by atoms with Gasteiger partial charge in [0.15, 0.2) is 0 Å². The highest BCUT2D eigenvalue weighted by molar-refractivity contribution is 5.36. The van der Waals surface area contributed by atoms with Crippen LogP contribution in [0, 0.1) is 0 Å². The summed E-state index contributed by atoms with van der Waals surface area (Å²) in [6.07, 6.45) is -4.71. The molecule has 0 unspecified atom stereocenters. The quantitative estimate of drug-likeness (QED) is 0.926. The average molecular weight is 284 g/mol. The molecule has 0 saturated heterocycles. The lowest BCUT2D eigenvalue weighted by Gasteiger charge is -2.10. The van der Waals surface area contributed by atoms with Gasteiger partial charge in [0, 0.05) is 0 Å². The second-order valence-electron chi connectivity index (χ2n) is 3.92. The first-order valence-electron chi connectivity index (χ1n) is 5.70. The van der Waals surface area contributed by atoms with Crippen LogP contribution in [0.5, 0.6) is 17.2 Å². The fourth-order valence-corrected chi connectivity index (χ4v) is 1.51. The van der Waals surface area contributed by atoms with E-state index in [1.165, 1.54) is 24.3 Å². The van der Waals surface area contributed by atoms with Crippen molar-refractivity contribution in [2.75, 3.05) is 0 Å². The van der Waals surface area contributed by atoms with Crippen LogP contribution in [0.2, 0.25) is 0 Å². The third-order valence-corrected chi connectivity index (χ3v) is 2.40. The van der Waals surface area contributed by atoms with Gasteiger partial charge in [-0.05, 0) is 42.0 Å². The number of rotatable bonds is 4. The SMILES string of the molecule is OCc1ccc(Oc2ccc(OC(F)(F)F)cc2)cc1. The Morgan fingerprint density at radius 1 is 0.800 bits per heavy atom. The van der Waals surface area contributed by atoms with Gasteiger partial charge >= 0.3 is 6.36 Å². The first-order valence-corrected chi connectivity index (χ1v) is 5.70. The van der Waals surface area contributed by atoms with Gasteiger partial charge in [-0.15, -0.1) is 13.2 Å². The lowest BCUT2D eigenvalue weighted by Crippen LogP contribution is -2.16. The fourth-order valence-electron chi connectivity index (χ4n) is 1.51. The molecule has 1 N–H and O–H groups in total. The maximum Gasteiger partial charge on any atom is 0.573 e. The van der Waals surface area contributed by atoms with Gasteiger partial charge in [0.2, 0.25) is 0 Å². The van der Waals surface area contributed by atoms with E-state index < -0.39 is 6.36 Å². The van der Waals surface area contributed by atoms with Crippen LogP contribution in [0.3, 0.4) is 0 Å². The third kappa shape index (κ3) is 4.17. The predicted octanol–water partition coefficient (Wildman–Crippen LogP) is 3.87. The first kappa shape index (κ1) is 14.2. The van der Waals surface area contributed by atoms with Crippen molar-refractivity contribution in [1.82, 2.24) is 0 Å². The summed E-state index contributed by atoms with van der Waals surface area (Å²) in [6.45, 7) is -0.0657. The number of halogens is 3. The van der Waals surface area contributed by atoms with Gasteiger partial charge in [0.25, 0.3) is 0 Å². The number of aliphatic hydroxyl groups excluding tert-OH is 1. The molecule has 0 amide bonds. The number of aliphatic hydroxyl groups is 1. The largest absolute Gasteiger partial charge is 0.573 e. The molecule has 20 heavy (non-hydrogen) atoms. The lowest BCUT2D eigenvalue weighted by molar-refractivity contribution is -0.274. The highest BCUT2D eigenvalue weighted by atomic mass is 19.4. The van der Waals surface area contributed by atoms with E-state index >= 15 is 0 Å². The molecule has 0 bridgehead atoms. The lowest BCUT2D eigenvalue weighted by atomic mass is 10.2. The minimum absolute atomic E-state index is 0.0657. The van der Waals surface area contributed by atoms with Crippen LogP contribution in [0.1, 0.15) is 5.56 Å². The molecular weight excluding hydrogens is 273 g/mol. The number of hydrogen-bond acceptors (Lipinski definition) is 3. The highest BCUT2D eigenvalue weighted by Gasteiger charge is 2.30. The number of ether oxygens (including phenoxy) is 2. The van der Waals surface area contributed by atoms with Crippen molar-refractivity contribution < 1.29 is 27.8 Å². The van der Waals surface area contributed by atoms with Crippen LogP contribution in [0.4, 0.5) is 13.2 Å². The molecule has 2 aromatic rings. The van der Waals surface area contributed by atoms with E-state index in [0.717, 1.165) is 5.56 Å². The van der Waals surface area contributed by atoms with Crippen LogP contribution in [0.25, 0.3) is 0 Å². The number of benzene rings is 2. The molecule has 0 radical (unpaired) electrons. The van der Waals surface area contributed by atoms with Crippen molar-refractivity contribution >= 4 is 0 Å². The van der Waals surface area contributed by atoms with E-state index in [2.05, 4.69) is 4.74 Å². The van der Waals surface area contributed by atoms with Crippen molar-refractivity contribution in [2.24, 2.45) is 0 Å². The summed E-state index contributed by atoms with van der Waals surface area (Å²) < 4.78 is 45.2. The molecule has 0 aliphatic carbocycles.